The summed E-state index contributed by atoms with van der Waals surface area (Å²) in [5.41, 5.74) is 36.3. The molecule has 2 fully saturated rings. The first-order valence-corrected chi connectivity index (χ1v) is 6.84. The zero-order valence-corrected chi connectivity index (χ0v) is 11.0. The van der Waals surface area contributed by atoms with Gasteiger partial charge in [-0.25, -0.2) is 0 Å². The summed E-state index contributed by atoms with van der Waals surface area (Å²) >= 11 is 0. The molecule has 106 valence electrons. The van der Waals surface area contributed by atoms with Gasteiger partial charge in [0.2, 0.25) is 0 Å². The maximum Gasteiger partial charge on any atom is 0.0367 e. The second-order valence-corrected chi connectivity index (χ2v) is 6.64. The lowest BCUT2D eigenvalue weighted by atomic mass is 9.60. The van der Waals surface area contributed by atoms with Crippen LogP contribution >= 0.6 is 0 Å². The molecule has 2 aliphatic carbocycles. The highest BCUT2D eigenvalue weighted by Gasteiger charge is 2.52. The first-order valence-electron chi connectivity index (χ1n) is 6.84. The fraction of sp³-hybridized carbons (Fsp3) is 1.00. The van der Waals surface area contributed by atoms with Crippen LogP contribution in [0, 0.1) is 0 Å². The van der Waals surface area contributed by atoms with Crippen molar-refractivity contribution >= 4 is 0 Å². The quantitative estimate of drug-likeness (QED) is 0.320. The van der Waals surface area contributed by atoms with Gasteiger partial charge in [0.05, 0.1) is 0 Å². The second kappa shape index (κ2) is 4.70. The topological polar surface area (TPSA) is 156 Å². The molecular formula is C12H28N6. The highest BCUT2D eigenvalue weighted by Crippen LogP contribution is 2.40. The minimum Gasteiger partial charge on any atom is -0.328 e. The predicted octanol–water partition coefficient (Wildman–Crippen LogP) is -1.94. The van der Waals surface area contributed by atoms with Crippen molar-refractivity contribution in [3.8, 4) is 0 Å². The average Bonchev–Trinajstić information content (AvgIpc) is 2.11. The van der Waals surface area contributed by atoms with Gasteiger partial charge >= 0.3 is 0 Å². The van der Waals surface area contributed by atoms with E-state index in [0.717, 1.165) is 12.8 Å². The fourth-order valence-electron chi connectivity index (χ4n) is 3.96. The molecule has 0 aromatic rings. The predicted molar refractivity (Wildman–Crippen MR) is 73.4 cm³/mol. The molecule has 4 atom stereocenters. The fourth-order valence-corrected chi connectivity index (χ4v) is 3.96. The van der Waals surface area contributed by atoms with Crippen molar-refractivity contribution in [2.45, 2.75) is 73.8 Å². The van der Waals surface area contributed by atoms with E-state index < -0.39 is 11.1 Å². The molecule has 6 nitrogen and oxygen atoms in total. The number of hydrogen-bond donors (Lipinski definition) is 6. The first kappa shape index (κ1) is 14.2. The lowest BCUT2D eigenvalue weighted by Gasteiger charge is -2.54. The molecule has 0 bridgehead atoms. The summed E-state index contributed by atoms with van der Waals surface area (Å²) in [6.45, 7) is 0. The molecule has 0 heterocycles. The smallest absolute Gasteiger partial charge is 0.0367 e. The first-order chi connectivity index (χ1) is 8.24. The van der Waals surface area contributed by atoms with Gasteiger partial charge in [0.1, 0.15) is 0 Å². The monoisotopic (exact) mass is 256 g/mol. The van der Waals surface area contributed by atoms with Crippen LogP contribution in [0.25, 0.3) is 0 Å². The van der Waals surface area contributed by atoms with Crippen molar-refractivity contribution < 1.29 is 0 Å². The highest BCUT2D eigenvalue weighted by molar-refractivity contribution is 5.15. The Hall–Kier alpha value is -0.240. The summed E-state index contributed by atoms with van der Waals surface area (Å²) < 4.78 is 0. The molecule has 0 aromatic heterocycles. The van der Waals surface area contributed by atoms with Crippen LogP contribution in [0.2, 0.25) is 0 Å². The Balaban J connectivity index is 2.21. The van der Waals surface area contributed by atoms with Crippen molar-refractivity contribution in [2.24, 2.45) is 34.4 Å². The maximum absolute atomic E-state index is 6.58. The lowest BCUT2D eigenvalue weighted by molar-refractivity contribution is 0.0857. The number of hydrogen-bond acceptors (Lipinski definition) is 6. The molecule has 2 rings (SSSR count). The van der Waals surface area contributed by atoms with Crippen LogP contribution < -0.4 is 34.4 Å². The Bertz CT molecular complexity index is 257. The van der Waals surface area contributed by atoms with E-state index >= 15 is 0 Å². The third kappa shape index (κ3) is 2.54. The van der Waals surface area contributed by atoms with E-state index in [9.17, 15) is 0 Å². The molecule has 0 aliphatic heterocycles. The summed E-state index contributed by atoms with van der Waals surface area (Å²) in [7, 11) is 0. The van der Waals surface area contributed by atoms with Crippen LogP contribution in [-0.4, -0.2) is 35.2 Å². The van der Waals surface area contributed by atoms with Crippen LogP contribution in [0.3, 0.4) is 0 Å². The van der Waals surface area contributed by atoms with E-state index in [1.54, 1.807) is 0 Å². The minimum atomic E-state index is -0.542. The van der Waals surface area contributed by atoms with E-state index in [2.05, 4.69) is 0 Å². The maximum atomic E-state index is 6.58. The standard InChI is InChI=1S/C12H28N6/c13-7-1-8(14)4-11(17,3-7)12(18)5-9(15)2-10(16)6-12/h7-10H,1-6,13-18H2. The van der Waals surface area contributed by atoms with E-state index in [1.807, 2.05) is 0 Å². The van der Waals surface area contributed by atoms with Gasteiger partial charge in [-0.05, 0) is 38.5 Å². The van der Waals surface area contributed by atoms with Crippen LogP contribution in [-0.2, 0) is 0 Å². The van der Waals surface area contributed by atoms with Gasteiger partial charge < -0.3 is 34.4 Å². The van der Waals surface area contributed by atoms with Crippen LogP contribution in [0.15, 0.2) is 0 Å². The van der Waals surface area contributed by atoms with E-state index in [-0.39, 0.29) is 24.2 Å². The van der Waals surface area contributed by atoms with E-state index in [1.165, 1.54) is 0 Å². The van der Waals surface area contributed by atoms with Crippen molar-refractivity contribution in [3.05, 3.63) is 0 Å². The summed E-state index contributed by atoms with van der Waals surface area (Å²) in [5.74, 6) is 0. The lowest BCUT2D eigenvalue weighted by Crippen LogP contribution is -2.74. The van der Waals surface area contributed by atoms with Crippen molar-refractivity contribution in [2.75, 3.05) is 0 Å². The third-order valence-corrected chi connectivity index (χ3v) is 4.71. The second-order valence-electron chi connectivity index (χ2n) is 6.64. The molecular weight excluding hydrogens is 228 g/mol. The van der Waals surface area contributed by atoms with Gasteiger partial charge in [-0.2, -0.15) is 0 Å². The number of rotatable bonds is 1. The van der Waals surface area contributed by atoms with Gasteiger partial charge in [-0.1, -0.05) is 0 Å². The Morgan fingerprint density at radius 1 is 0.556 bits per heavy atom. The normalized spacial score (nSPS) is 54.3. The Labute approximate surface area is 109 Å². The minimum absolute atomic E-state index is 0.0218. The molecule has 6 heteroatoms. The average molecular weight is 256 g/mol. The molecule has 4 unspecified atom stereocenters. The van der Waals surface area contributed by atoms with Crippen LogP contribution in [0.5, 0.6) is 0 Å². The molecule has 0 saturated heterocycles. The highest BCUT2D eigenvalue weighted by atomic mass is 15.0. The van der Waals surface area contributed by atoms with E-state index in [4.69, 9.17) is 34.4 Å². The molecule has 12 N–H and O–H groups in total. The molecule has 18 heavy (non-hydrogen) atoms. The van der Waals surface area contributed by atoms with Crippen LogP contribution in [0.4, 0.5) is 0 Å². The molecule has 0 aromatic carbocycles. The van der Waals surface area contributed by atoms with E-state index in [0.29, 0.717) is 25.7 Å². The van der Waals surface area contributed by atoms with Gasteiger partial charge in [0, 0.05) is 35.2 Å². The summed E-state index contributed by atoms with van der Waals surface area (Å²) in [6, 6.07) is 0.0872. The van der Waals surface area contributed by atoms with Crippen LogP contribution in [0.1, 0.15) is 38.5 Å². The van der Waals surface area contributed by atoms with Gasteiger partial charge in [-0.15, -0.1) is 0 Å². The zero-order valence-electron chi connectivity index (χ0n) is 11.0. The molecule has 2 saturated carbocycles. The molecule has 0 amide bonds. The van der Waals surface area contributed by atoms with Gasteiger partial charge in [0.15, 0.2) is 0 Å². The third-order valence-electron chi connectivity index (χ3n) is 4.71. The Kier molecular flexibility index (Phi) is 3.70. The largest absolute Gasteiger partial charge is 0.328 e. The zero-order chi connectivity index (χ0) is 13.6. The molecule has 0 spiro atoms. The SMILES string of the molecule is NC1CC(N)CC(N)(C2(N)CC(N)CC(N)C2)C1. The summed E-state index contributed by atoms with van der Waals surface area (Å²) in [5, 5.41) is 0. The molecule has 2 aliphatic rings. The van der Waals surface area contributed by atoms with Crippen molar-refractivity contribution in [3.63, 3.8) is 0 Å². The summed E-state index contributed by atoms with van der Waals surface area (Å²) in [4.78, 5) is 0. The Morgan fingerprint density at radius 3 is 1.00 bits per heavy atom. The Morgan fingerprint density at radius 2 is 0.778 bits per heavy atom. The van der Waals surface area contributed by atoms with Gasteiger partial charge in [-0.3, -0.25) is 0 Å². The summed E-state index contributed by atoms with van der Waals surface area (Å²) in [6.07, 6.45) is 4.45. The molecule has 0 radical (unpaired) electrons. The van der Waals surface area contributed by atoms with Gasteiger partial charge in [0.25, 0.3) is 0 Å². The van der Waals surface area contributed by atoms with Crippen molar-refractivity contribution in [1.82, 2.24) is 0 Å². The number of nitrogens with two attached hydrogens (primary N) is 6. The van der Waals surface area contributed by atoms with Crippen molar-refractivity contribution in [1.29, 1.82) is 0 Å².